The fraction of sp³-hybridized carbons (Fsp3) is 0.238. The summed E-state index contributed by atoms with van der Waals surface area (Å²) < 4.78 is 7.19. The molecule has 1 fully saturated rings. The second-order valence-electron chi connectivity index (χ2n) is 6.74. The number of nitrogens with zero attached hydrogens (tertiary/aromatic N) is 5. The first-order valence-electron chi connectivity index (χ1n) is 9.32. The van der Waals surface area contributed by atoms with Crippen molar-refractivity contribution in [2.24, 2.45) is 0 Å². The number of ether oxygens (including phenoxy) is 1. The van der Waals surface area contributed by atoms with Gasteiger partial charge in [0.15, 0.2) is 0 Å². The van der Waals surface area contributed by atoms with Crippen LogP contribution in [0.2, 0.25) is 0 Å². The molecule has 0 spiro atoms. The van der Waals surface area contributed by atoms with Gasteiger partial charge in [-0.15, -0.1) is 5.10 Å². The Kier molecular flexibility index (Phi) is 5.61. The highest BCUT2D eigenvalue weighted by Crippen LogP contribution is 2.13. The number of carbonyl (C=O) groups excluding carboxylic acids is 1. The van der Waals surface area contributed by atoms with Gasteiger partial charge in [0.05, 0.1) is 23.9 Å². The average Bonchev–Trinajstić information content (AvgIpc) is 3.23. The number of aromatic nitrogens is 3. The normalized spacial score (nSPS) is 16.9. The van der Waals surface area contributed by atoms with Crippen LogP contribution in [-0.2, 0) is 16.1 Å². The molecule has 8 heteroatoms. The van der Waals surface area contributed by atoms with Crippen molar-refractivity contribution in [1.82, 2.24) is 19.7 Å². The summed E-state index contributed by atoms with van der Waals surface area (Å²) in [4.78, 5) is 18.9. The van der Waals surface area contributed by atoms with Crippen molar-refractivity contribution in [2.75, 3.05) is 25.0 Å². The minimum Gasteiger partial charge on any atom is -0.366 e. The lowest BCUT2D eigenvalue weighted by Gasteiger charge is -2.31. The van der Waals surface area contributed by atoms with Gasteiger partial charge in [0.1, 0.15) is 12.4 Å². The van der Waals surface area contributed by atoms with Crippen LogP contribution in [0.1, 0.15) is 11.1 Å². The molecule has 1 N–H and O–H groups in total. The highest BCUT2D eigenvalue weighted by Gasteiger charge is 2.27. The lowest BCUT2D eigenvalue weighted by Crippen LogP contribution is -2.47. The number of amides is 1. The van der Waals surface area contributed by atoms with E-state index in [1.807, 2.05) is 18.2 Å². The Labute approximate surface area is 168 Å². The number of nitrogens with one attached hydrogen (secondary N) is 1. The molecule has 0 bridgehead atoms. The molecule has 0 saturated carbocycles. The number of carbonyl (C=O) groups is 1. The SMILES string of the molecule is N#Cc1ccc(-n2cnc(NC(=O)[C@H]3CN(Cc4ccccc4)CCO3)n2)cc1. The summed E-state index contributed by atoms with van der Waals surface area (Å²) in [5.74, 6) is -0.0523. The van der Waals surface area contributed by atoms with Gasteiger partial charge < -0.3 is 4.74 Å². The zero-order valence-corrected chi connectivity index (χ0v) is 15.7. The molecule has 1 aliphatic rings. The molecule has 2 heterocycles. The van der Waals surface area contributed by atoms with E-state index in [9.17, 15) is 4.79 Å². The fourth-order valence-corrected chi connectivity index (χ4v) is 3.17. The van der Waals surface area contributed by atoms with E-state index >= 15 is 0 Å². The Morgan fingerprint density at radius 3 is 2.76 bits per heavy atom. The lowest BCUT2D eigenvalue weighted by molar-refractivity contribution is -0.133. The van der Waals surface area contributed by atoms with Gasteiger partial charge in [-0.25, -0.2) is 4.68 Å². The number of rotatable bonds is 5. The molecule has 146 valence electrons. The van der Waals surface area contributed by atoms with Gasteiger partial charge in [0.2, 0.25) is 5.95 Å². The first-order valence-corrected chi connectivity index (χ1v) is 9.32. The number of nitriles is 1. The largest absolute Gasteiger partial charge is 0.366 e. The van der Waals surface area contributed by atoms with Crippen molar-refractivity contribution in [3.05, 3.63) is 72.1 Å². The van der Waals surface area contributed by atoms with Crippen LogP contribution in [0.3, 0.4) is 0 Å². The molecule has 4 rings (SSSR count). The summed E-state index contributed by atoms with van der Waals surface area (Å²) in [5.41, 5.74) is 2.52. The van der Waals surface area contributed by atoms with Gasteiger partial charge in [-0.05, 0) is 29.8 Å². The van der Waals surface area contributed by atoms with Gasteiger partial charge in [0.25, 0.3) is 5.91 Å². The number of anilines is 1. The van der Waals surface area contributed by atoms with Gasteiger partial charge >= 0.3 is 0 Å². The lowest BCUT2D eigenvalue weighted by atomic mass is 10.2. The molecule has 0 aliphatic carbocycles. The second-order valence-corrected chi connectivity index (χ2v) is 6.74. The van der Waals surface area contributed by atoms with E-state index in [1.165, 1.54) is 11.9 Å². The van der Waals surface area contributed by atoms with Crippen LogP contribution >= 0.6 is 0 Å². The monoisotopic (exact) mass is 388 g/mol. The Morgan fingerprint density at radius 1 is 1.21 bits per heavy atom. The minimum atomic E-state index is -0.575. The van der Waals surface area contributed by atoms with E-state index in [4.69, 9.17) is 10.00 Å². The summed E-state index contributed by atoms with van der Waals surface area (Å²) in [6, 6.07) is 19.2. The van der Waals surface area contributed by atoms with E-state index in [0.717, 1.165) is 18.8 Å². The standard InChI is InChI=1S/C21H20N6O2/c22-12-16-6-8-18(9-7-16)27-15-23-21(25-27)24-20(28)19-14-26(10-11-29-19)13-17-4-2-1-3-5-17/h1-9,15,19H,10-11,13-14H2,(H,24,25,28)/t19-/m1/s1. The van der Waals surface area contributed by atoms with Crippen LogP contribution < -0.4 is 5.32 Å². The molecule has 1 saturated heterocycles. The Morgan fingerprint density at radius 2 is 2.00 bits per heavy atom. The smallest absolute Gasteiger partial charge is 0.257 e. The fourth-order valence-electron chi connectivity index (χ4n) is 3.17. The first-order chi connectivity index (χ1) is 14.2. The zero-order chi connectivity index (χ0) is 20.1. The third-order valence-electron chi connectivity index (χ3n) is 4.68. The van der Waals surface area contributed by atoms with Gasteiger partial charge in [-0.1, -0.05) is 30.3 Å². The number of benzene rings is 2. The van der Waals surface area contributed by atoms with Crippen molar-refractivity contribution < 1.29 is 9.53 Å². The Balaban J connectivity index is 1.36. The number of hydrogen-bond donors (Lipinski definition) is 1. The maximum atomic E-state index is 12.6. The number of hydrogen-bond acceptors (Lipinski definition) is 6. The van der Waals surface area contributed by atoms with E-state index in [1.54, 1.807) is 28.9 Å². The van der Waals surface area contributed by atoms with Crippen molar-refractivity contribution in [3.8, 4) is 11.8 Å². The van der Waals surface area contributed by atoms with Crippen molar-refractivity contribution in [3.63, 3.8) is 0 Å². The molecular formula is C21H20N6O2. The van der Waals surface area contributed by atoms with Crippen LogP contribution in [0.4, 0.5) is 5.95 Å². The molecular weight excluding hydrogens is 368 g/mol. The van der Waals surface area contributed by atoms with Crippen LogP contribution in [0.15, 0.2) is 60.9 Å². The predicted octanol–water partition coefficient (Wildman–Crippen LogP) is 1.98. The Hall–Kier alpha value is -3.54. The van der Waals surface area contributed by atoms with Gasteiger partial charge in [-0.2, -0.15) is 10.2 Å². The van der Waals surface area contributed by atoms with Crippen molar-refractivity contribution in [1.29, 1.82) is 5.26 Å². The topological polar surface area (TPSA) is 96.1 Å². The van der Waals surface area contributed by atoms with E-state index in [0.29, 0.717) is 18.7 Å². The average molecular weight is 388 g/mol. The second kappa shape index (κ2) is 8.65. The molecule has 8 nitrogen and oxygen atoms in total. The van der Waals surface area contributed by atoms with E-state index in [2.05, 4.69) is 38.5 Å². The molecule has 1 atom stereocenters. The van der Waals surface area contributed by atoms with Gasteiger partial charge in [0, 0.05) is 19.6 Å². The zero-order valence-electron chi connectivity index (χ0n) is 15.7. The number of morpholine rings is 1. The first kappa shape index (κ1) is 18.8. The molecule has 0 radical (unpaired) electrons. The highest BCUT2D eigenvalue weighted by atomic mass is 16.5. The van der Waals surface area contributed by atoms with E-state index < -0.39 is 6.10 Å². The third-order valence-corrected chi connectivity index (χ3v) is 4.68. The minimum absolute atomic E-state index is 0.211. The summed E-state index contributed by atoms with van der Waals surface area (Å²) in [7, 11) is 0. The predicted molar refractivity (Wildman–Crippen MR) is 106 cm³/mol. The van der Waals surface area contributed by atoms with Crippen LogP contribution in [0, 0.1) is 11.3 Å². The molecule has 1 aliphatic heterocycles. The van der Waals surface area contributed by atoms with Crippen LogP contribution in [0.25, 0.3) is 5.69 Å². The summed E-state index contributed by atoms with van der Waals surface area (Å²) >= 11 is 0. The summed E-state index contributed by atoms with van der Waals surface area (Å²) in [5, 5.41) is 15.9. The highest BCUT2D eigenvalue weighted by molar-refractivity contribution is 5.92. The third kappa shape index (κ3) is 4.66. The quantitative estimate of drug-likeness (QED) is 0.718. The molecule has 2 aromatic carbocycles. The van der Waals surface area contributed by atoms with Crippen molar-refractivity contribution >= 4 is 11.9 Å². The molecule has 29 heavy (non-hydrogen) atoms. The maximum absolute atomic E-state index is 12.6. The molecule has 1 amide bonds. The van der Waals surface area contributed by atoms with Gasteiger partial charge in [-0.3, -0.25) is 15.0 Å². The Bertz CT molecular complexity index is 1010. The van der Waals surface area contributed by atoms with Crippen LogP contribution in [0.5, 0.6) is 0 Å². The van der Waals surface area contributed by atoms with Crippen LogP contribution in [-0.4, -0.2) is 51.4 Å². The molecule has 1 aromatic heterocycles. The summed E-state index contributed by atoms with van der Waals surface area (Å²) in [6.07, 6.45) is 0.940. The molecule has 3 aromatic rings. The summed E-state index contributed by atoms with van der Waals surface area (Å²) in [6.45, 7) is 2.57. The maximum Gasteiger partial charge on any atom is 0.257 e. The van der Waals surface area contributed by atoms with Crippen molar-refractivity contribution in [2.45, 2.75) is 12.6 Å². The van der Waals surface area contributed by atoms with E-state index in [-0.39, 0.29) is 11.9 Å². The molecule has 0 unspecified atom stereocenters.